The van der Waals surface area contributed by atoms with E-state index >= 15 is 0 Å². The normalized spacial score (nSPS) is 31.8. The molecular formula is C20H34N3O6PS. The molecule has 1 aliphatic heterocycles. The summed E-state index contributed by atoms with van der Waals surface area (Å²) in [5.41, 5.74) is -1.64. The van der Waals surface area contributed by atoms with Crippen molar-refractivity contribution < 1.29 is 27.9 Å². The van der Waals surface area contributed by atoms with Gasteiger partial charge in [-0.2, -0.15) is 0 Å². The first-order chi connectivity index (χ1) is 14.1. The summed E-state index contributed by atoms with van der Waals surface area (Å²) in [5, 5.41) is 13.3. The Bertz CT molecular complexity index is 871. The summed E-state index contributed by atoms with van der Waals surface area (Å²) in [5.74, 6) is -2.27. The van der Waals surface area contributed by atoms with Gasteiger partial charge in [-0.25, -0.2) is 8.42 Å². The molecule has 0 aromatic rings. The van der Waals surface area contributed by atoms with Crippen LogP contribution in [0.3, 0.4) is 0 Å². The highest BCUT2D eigenvalue weighted by atomic mass is 32.2. The van der Waals surface area contributed by atoms with Crippen molar-refractivity contribution in [1.29, 1.82) is 0 Å². The van der Waals surface area contributed by atoms with E-state index in [2.05, 4.69) is 21.1 Å². The predicted octanol–water partition coefficient (Wildman–Crippen LogP) is 0.216. The molecule has 1 heterocycles. The third kappa shape index (κ3) is 5.35. The second-order valence-electron chi connectivity index (χ2n) is 9.88. The van der Waals surface area contributed by atoms with Crippen molar-refractivity contribution in [1.82, 2.24) is 14.7 Å². The largest absolute Gasteiger partial charge is 0.391 e. The summed E-state index contributed by atoms with van der Waals surface area (Å²) in [7, 11) is -1.46. The second kappa shape index (κ2) is 8.89. The Kier molecular flexibility index (Phi) is 7.43. The average Bonchev–Trinajstić information content (AvgIpc) is 3.24. The van der Waals surface area contributed by atoms with E-state index in [1.807, 2.05) is 25.5 Å². The lowest BCUT2D eigenvalue weighted by Crippen LogP contribution is -2.54. The zero-order chi connectivity index (χ0) is 23.9. The lowest BCUT2D eigenvalue weighted by Gasteiger charge is -2.35. The third-order valence-electron chi connectivity index (χ3n) is 6.36. The van der Waals surface area contributed by atoms with Gasteiger partial charge in [0.25, 0.3) is 0 Å². The molecule has 0 radical (unpaired) electrons. The number of aliphatic hydroxyl groups excluding tert-OH is 1. The van der Waals surface area contributed by atoms with Gasteiger partial charge in [-0.15, -0.1) is 6.58 Å². The standard InChI is InChI=1S/C20H34N3O6PS/c1-7-12-8-20(12,18(27)22-31(6,28)29)9-13(24)15-11(2)14(25)10-23(15)17(26)16(21-30)19(3,4)5/h7,11-12,14-16,21,25H,1,8-10,30H2,2-6H3,(H,22,27)/t11?,12-,14+,15+,16-,20-/m1/s1. The highest BCUT2D eigenvalue weighted by molar-refractivity contribution is 7.89. The lowest BCUT2D eigenvalue weighted by atomic mass is 9.85. The Hall–Kier alpha value is -1.35. The van der Waals surface area contributed by atoms with Crippen molar-refractivity contribution in [2.75, 3.05) is 12.8 Å². The molecule has 1 aliphatic carbocycles. The number of rotatable bonds is 8. The number of amides is 2. The predicted molar refractivity (Wildman–Crippen MR) is 120 cm³/mol. The second-order valence-corrected chi connectivity index (χ2v) is 12.0. The smallest absolute Gasteiger partial charge is 0.241 e. The number of β-amino-alcohol motifs (C(OH)–C–C–N with tert-alkyl or cyclic N) is 1. The number of Topliss-reactive ketones (excluding diaryl/α,β-unsaturated/α-hetero) is 1. The van der Waals surface area contributed by atoms with E-state index in [-0.39, 0.29) is 30.6 Å². The molecule has 2 unspecified atom stereocenters. The molecule has 0 aromatic heterocycles. The van der Waals surface area contributed by atoms with Crippen LogP contribution in [-0.4, -0.2) is 67.0 Å². The molecule has 2 amide bonds. The van der Waals surface area contributed by atoms with E-state index in [0.717, 1.165) is 6.26 Å². The van der Waals surface area contributed by atoms with Crippen LogP contribution in [0.4, 0.5) is 0 Å². The number of hydrogen-bond donors (Lipinski definition) is 3. The van der Waals surface area contributed by atoms with Gasteiger partial charge in [-0.1, -0.05) is 43.2 Å². The molecule has 0 aromatic carbocycles. The van der Waals surface area contributed by atoms with Gasteiger partial charge in [0.1, 0.15) is 0 Å². The molecule has 3 N–H and O–H groups in total. The molecule has 0 spiro atoms. The van der Waals surface area contributed by atoms with Gasteiger partial charge in [-0.3, -0.25) is 24.2 Å². The number of aliphatic hydroxyl groups is 1. The van der Waals surface area contributed by atoms with E-state index < -0.39 is 50.9 Å². The fourth-order valence-corrected chi connectivity index (χ4v) is 5.58. The van der Waals surface area contributed by atoms with E-state index in [1.54, 1.807) is 13.0 Å². The molecule has 31 heavy (non-hydrogen) atoms. The van der Waals surface area contributed by atoms with Crippen LogP contribution in [0.25, 0.3) is 0 Å². The Morgan fingerprint density at radius 3 is 2.35 bits per heavy atom. The van der Waals surface area contributed by atoms with Gasteiger partial charge >= 0.3 is 0 Å². The van der Waals surface area contributed by atoms with Crippen LogP contribution >= 0.6 is 9.39 Å². The number of allylic oxidation sites excluding steroid dienone is 1. The van der Waals surface area contributed by atoms with Crippen LogP contribution in [0.15, 0.2) is 12.7 Å². The summed E-state index contributed by atoms with van der Waals surface area (Å²) in [6, 6.07) is -1.51. The fraction of sp³-hybridized carbons (Fsp3) is 0.750. The highest BCUT2D eigenvalue weighted by Crippen LogP contribution is 2.57. The Morgan fingerprint density at radius 2 is 1.94 bits per heavy atom. The van der Waals surface area contributed by atoms with Crippen molar-refractivity contribution in [2.45, 2.75) is 58.7 Å². The van der Waals surface area contributed by atoms with Crippen molar-refractivity contribution in [3.8, 4) is 0 Å². The number of likely N-dealkylation sites (tertiary alicyclic amines) is 1. The van der Waals surface area contributed by atoms with Gasteiger partial charge in [0, 0.05) is 18.9 Å². The maximum atomic E-state index is 13.4. The Morgan fingerprint density at radius 1 is 1.35 bits per heavy atom. The van der Waals surface area contributed by atoms with Gasteiger partial charge in [0.2, 0.25) is 21.8 Å². The van der Waals surface area contributed by atoms with E-state index in [0.29, 0.717) is 6.42 Å². The quantitative estimate of drug-likeness (QED) is 0.338. The van der Waals surface area contributed by atoms with Gasteiger partial charge in [0.15, 0.2) is 5.78 Å². The molecule has 2 aliphatic rings. The number of sulfonamides is 1. The summed E-state index contributed by atoms with van der Waals surface area (Å²) in [6.45, 7) is 11.1. The number of ketones is 1. The molecule has 0 bridgehead atoms. The van der Waals surface area contributed by atoms with Crippen molar-refractivity contribution in [3.63, 3.8) is 0 Å². The molecule has 7 atom stereocenters. The topological polar surface area (TPSA) is 133 Å². The van der Waals surface area contributed by atoms with Gasteiger partial charge < -0.3 is 10.0 Å². The SMILES string of the molecule is C=C[C@@H]1C[C@]1(CC(=O)[C@@H]1C(C)[C@@H](O)CN1C(=O)[C@@H](NP)C(C)(C)C)C(=O)NS(C)(=O)=O. The average molecular weight is 476 g/mol. The van der Waals surface area contributed by atoms with Crippen LogP contribution in [0.5, 0.6) is 0 Å². The minimum Gasteiger partial charge on any atom is -0.391 e. The fourth-order valence-electron chi connectivity index (χ4n) is 4.40. The number of nitrogens with one attached hydrogen (secondary N) is 2. The van der Waals surface area contributed by atoms with E-state index in [9.17, 15) is 27.9 Å². The minimum absolute atomic E-state index is 0.0166. The number of hydrogen-bond acceptors (Lipinski definition) is 7. The van der Waals surface area contributed by atoms with Crippen molar-refractivity contribution >= 4 is 37.0 Å². The molecule has 176 valence electrons. The lowest BCUT2D eigenvalue weighted by molar-refractivity contribution is -0.142. The molecule has 2 rings (SSSR count). The van der Waals surface area contributed by atoms with Gasteiger partial charge in [0.05, 0.1) is 29.9 Å². The highest BCUT2D eigenvalue weighted by Gasteiger charge is 2.61. The van der Waals surface area contributed by atoms with Crippen molar-refractivity contribution in [2.24, 2.45) is 22.7 Å². The van der Waals surface area contributed by atoms with E-state index in [1.165, 1.54) is 4.90 Å². The molecule has 1 saturated heterocycles. The third-order valence-corrected chi connectivity index (χ3v) is 7.24. The number of carbonyl (C=O) groups is 3. The molecule has 9 nitrogen and oxygen atoms in total. The zero-order valence-corrected chi connectivity index (χ0v) is 20.7. The maximum Gasteiger partial charge on any atom is 0.241 e. The van der Waals surface area contributed by atoms with Crippen LogP contribution in [-0.2, 0) is 24.4 Å². The molecule has 11 heteroatoms. The summed E-state index contributed by atoms with van der Waals surface area (Å²) in [4.78, 5) is 40.7. The first kappa shape index (κ1) is 25.9. The zero-order valence-electron chi connectivity index (χ0n) is 18.7. The molecule has 2 fully saturated rings. The first-order valence-electron chi connectivity index (χ1n) is 10.2. The maximum absolute atomic E-state index is 13.4. The minimum atomic E-state index is -3.79. The summed E-state index contributed by atoms with van der Waals surface area (Å²) >= 11 is 0. The molecule has 1 saturated carbocycles. The van der Waals surface area contributed by atoms with Crippen LogP contribution in [0.2, 0.25) is 0 Å². The molecular weight excluding hydrogens is 441 g/mol. The van der Waals surface area contributed by atoms with E-state index in [4.69, 9.17) is 0 Å². The van der Waals surface area contributed by atoms with Crippen LogP contribution in [0.1, 0.15) is 40.5 Å². The monoisotopic (exact) mass is 475 g/mol. The Balaban J connectivity index is 2.31. The first-order valence-corrected chi connectivity index (χ1v) is 12.7. The van der Waals surface area contributed by atoms with Crippen molar-refractivity contribution in [3.05, 3.63) is 12.7 Å². The summed E-state index contributed by atoms with van der Waals surface area (Å²) in [6.07, 6.45) is 1.62. The summed E-state index contributed by atoms with van der Waals surface area (Å²) < 4.78 is 25.1. The number of nitrogens with zero attached hydrogens (tertiary/aromatic N) is 1. The Labute approximate surface area is 186 Å². The number of carbonyl (C=O) groups excluding carboxylic acids is 3. The van der Waals surface area contributed by atoms with Crippen LogP contribution in [0, 0.1) is 22.7 Å². The van der Waals surface area contributed by atoms with Gasteiger partial charge in [-0.05, 0) is 17.8 Å². The van der Waals surface area contributed by atoms with Crippen LogP contribution < -0.4 is 9.81 Å².